The van der Waals surface area contributed by atoms with Gasteiger partial charge in [0.25, 0.3) is 5.91 Å². The molecule has 1 atom stereocenters. The van der Waals surface area contributed by atoms with Crippen molar-refractivity contribution < 1.29 is 14.0 Å². The summed E-state index contributed by atoms with van der Waals surface area (Å²) >= 11 is 0. The number of carbonyl (C=O) groups is 2. The molecule has 2 fully saturated rings. The van der Waals surface area contributed by atoms with E-state index in [0.29, 0.717) is 0 Å². The van der Waals surface area contributed by atoms with Crippen LogP contribution in [0.15, 0.2) is 18.2 Å². The lowest BCUT2D eigenvalue weighted by Gasteiger charge is -2.21. The van der Waals surface area contributed by atoms with Crippen LogP contribution in [-0.2, 0) is 11.3 Å². The number of hydrogen-bond acceptors (Lipinski definition) is 3. The summed E-state index contributed by atoms with van der Waals surface area (Å²) < 4.78 is 13.9. The predicted molar refractivity (Wildman–Crippen MR) is 71.3 cm³/mol. The molecule has 0 unspecified atom stereocenters. The lowest BCUT2D eigenvalue weighted by molar-refractivity contribution is -0.131. The lowest BCUT2D eigenvalue weighted by atomic mass is 9.96. The van der Waals surface area contributed by atoms with Crippen LogP contribution in [0.3, 0.4) is 0 Å². The number of carbonyl (C=O) groups excluding carboxylic acids is 2. The van der Waals surface area contributed by atoms with Crippen LogP contribution in [-0.4, -0.2) is 22.4 Å². The first-order valence-corrected chi connectivity index (χ1v) is 6.78. The Labute approximate surface area is 121 Å². The SMILES string of the molecule is C[C@@]1(C2CC2)NC(=O)N(Cc2ccc(C#N)cc2F)C1=O. The first kappa shape index (κ1) is 13.6. The molecule has 1 aliphatic heterocycles. The summed E-state index contributed by atoms with van der Waals surface area (Å²) in [5, 5.41) is 11.4. The Morgan fingerprint density at radius 2 is 2.19 bits per heavy atom. The predicted octanol–water partition coefficient (Wildman–Crippen LogP) is 1.92. The van der Waals surface area contributed by atoms with E-state index < -0.39 is 17.4 Å². The van der Waals surface area contributed by atoms with E-state index in [2.05, 4.69) is 5.32 Å². The van der Waals surface area contributed by atoms with Crippen molar-refractivity contribution in [1.82, 2.24) is 10.2 Å². The Hall–Kier alpha value is -2.42. The molecule has 1 heterocycles. The van der Waals surface area contributed by atoms with Gasteiger partial charge in [0.05, 0.1) is 18.2 Å². The van der Waals surface area contributed by atoms with Crippen LogP contribution < -0.4 is 5.32 Å². The van der Waals surface area contributed by atoms with Gasteiger partial charge in [0.1, 0.15) is 11.4 Å². The summed E-state index contributed by atoms with van der Waals surface area (Å²) in [6.45, 7) is 1.60. The van der Waals surface area contributed by atoms with Gasteiger partial charge in [-0.2, -0.15) is 5.26 Å². The summed E-state index contributed by atoms with van der Waals surface area (Å²) in [6, 6.07) is 5.36. The fourth-order valence-corrected chi connectivity index (χ4v) is 2.71. The molecule has 1 N–H and O–H groups in total. The van der Waals surface area contributed by atoms with Gasteiger partial charge in [-0.1, -0.05) is 6.07 Å². The maximum atomic E-state index is 13.9. The van der Waals surface area contributed by atoms with Gasteiger partial charge in [-0.25, -0.2) is 9.18 Å². The number of imide groups is 1. The summed E-state index contributed by atoms with van der Waals surface area (Å²) in [6.07, 6.45) is 1.84. The highest BCUT2D eigenvalue weighted by Gasteiger charge is 2.55. The minimum atomic E-state index is -0.861. The van der Waals surface area contributed by atoms with Crippen molar-refractivity contribution >= 4 is 11.9 Å². The number of benzene rings is 1. The molecule has 1 saturated carbocycles. The topological polar surface area (TPSA) is 73.2 Å². The van der Waals surface area contributed by atoms with Crippen molar-refractivity contribution in [1.29, 1.82) is 5.26 Å². The molecule has 3 rings (SSSR count). The smallest absolute Gasteiger partial charge is 0.323 e. The molecule has 1 aliphatic carbocycles. The van der Waals surface area contributed by atoms with Crippen LogP contribution >= 0.6 is 0 Å². The van der Waals surface area contributed by atoms with Crippen LogP contribution in [0, 0.1) is 23.1 Å². The molecule has 0 spiro atoms. The van der Waals surface area contributed by atoms with E-state index in [1.54, 1.807) is 6.92 Å². The third-order valence-corrected chi connectivity index (χ3v) is 4.21. The molecule has 6 heteroatoms. The number of halogens is 1. The van der Waals surface area contributed by atoms with Crippen molar-refractivity contribution in [3.63, 3.8) is 0 Å². The number of nitriles is 1. The zero-order valence-corrected chi connectivity index (χ0v) is 11.5. The normalized spacial score (nSPS) is 24.9. The van der Waals surface area contributed by atoms with E-state index in [-0.39, 0.29) is 29.5 Å². The zero-order valence-electron chi connectivity index (χ0n) is 11.5. The quantitative estimate of drug-likeness (QED) is 0.863. The standard InChI is InChI=1S/C15H14FN3O2/c1-15(11-4-5-11)13(20)19(14(21)18-15)8-10-3-2-9(7-17)6-12(10)16/h2-3,6,11H,4-5,8H2,1H3,(H,18,21)/t15-/m0/s1. The van der Waals surface area contributed by atoms with Gasteiger partial charge in [0, 0.05) is 5.56 Å². The minimum absolute atomic E-state index is 0.121. The molecule has 1 aromatic rings. The van der Waals surface area contributed by atoms with Crippen LogP contribution in [0.1, 0.15) is 30.9 Å². The highest BCUT2D eigenvalue weighted by atomic mass is 19.1. The van der Waals surface area contributed by atoms with Crippen LogP contribution in [0.5, 0.6) is 0 Å². The van der Waals surface area contributed by atoms with Gasteiger partial charge in [0.2, 0.25) is 0 Å². The Morgan fingerprint density at radius 3 is 2.76 bits per heavy atom. The summed E-state index contributed by atoms with van der Waals surface area (Å²) in [4.78, 5) is 25.5. The lowest BCUT2D eigenvalue weighted by Crippen LogP contribution is -2.46. The number of nitrogens with zero attached hydrogens (tertiary/aromatic N) is 2. The molecule has 1 saturated heterocycles. The van der Waals surface area contributed by atoms with Crippen LogP contribution in [0.25, 0.3) is 0 Å². The number of urea groups is 1. The van der Waals surface area contributed by atoms with Gasteiger partial charge in [0.15, 0.2) is 0 Å². The monoisotopic (exact) mass is 287 g/mol. The Bertz CT molecular complexity index is 678. The second-order valence-corrected chi connectivity index (χ2v) is 5.72. The second-order valence-electron chi connectivity index (χ2n) is 5.72. The van der Waals surface area contributed by atoms with Gasteiger partial charge < -0.3 is 5.32 Å². The maximum Gasteiger partial charge on any atom is 0.325 e. The first-order chi connectivity index (χ1) is 9.95. The van der Waals surface area contributed by atoms with E-state index in [0.717, 1.165) is 23.8 Å². The Balaban J connectivity index is 1.83. The molecule has 3 amide bonds. The minimum Gasteiger partial charge on any atom is -0.323 e. The van der Waals surface area contributed by atoms with Gasteiger partial charge >= 0.3 is 6.03 Å². The molecule has 108 valence electrons. The van der Waals surface area contributed by atoms with E-state index in [4.69, 9.17) is 5.26 Å². The van der Waals surface area contributed by atoms with Crippen LogP contribution in [0.2, 0.25) is 0 Å². The maximum absolute atomic E-state index is 13.9. The van der Waals surface area contributed by atoms with Crippen molar-refractivity contribution in [2.45, 2.75) is 31.8 Å². The number of rotatable bonds is 3. The fourth-order valence-electron chi connectivity index (χ4n) is 2.71. The molecule has 0 radical (unpaired) electrons. The van der Waals surface area contributed by atoms with E-state index in [1.165, 1.54) is 12.1 Å². The Kier molecular flexibility index (Phi) is 2.94. The molecule has 21 heavy (non-hydrogen) atoms. The van der Waals surface area contributed by atoms with Crippen molar-refractivity contribution in [2.24, 2.45) is 5.92 Å². The first-order valence-electron chi connectivity index (χ1n) is 6.78. The van der Waals surface area contributed by atoms with E-state index in [1.807, 2.05) is 6.07 Å². The van der Waals surface area contributed by atoms with E-state index in [9.17, 15) is 14.0 Å². The second kappa shape index (κ2) is 4.55. The van der Waals surface area contributed by atoms with Crippen molar-refractivity contribution in [2.75, 3.05) is 0 Å². The molecule has 5 nitrogen and oxygen atoms in total. The zero-order chi connectivity index (χ0) is 15.2. The van der Waals surface area contributed by atoms with Crippen LogP contribution in [0.4, 0.5) is 9.18 Å². The van der Waals surface area contributed by atoms with Gasteiger partial charge in [-0.3, -0.25) is 9.69 Å². The number of hydrogen-bond donors (Lipinski definition) is 1. The highest BCUT2D eigenvalue weighted by molar-refractivity contribution is 6.07. The third-order valence-electron chi connectivity index (χ3n) is 4.21. The summed E-state index contributed by atoms with van der Waals surface area (Å²) in [5.41, 5.74) is -0.436. The fraction of sp³-hybridized carbons (Fsp3) is 0.400. The highest BCUT2D eigenvalue weighted by Crippen LogP contribution is 2.42. The molecular weight excluding hydrogens is 273 g/mol. The third kappa shape index (κ3) is 2.15. The Morgan fingerprint density at radius 1 is 1.48 bits per heavy atom. The molecular formula is C15H14FN3O2. The van der Waals surface area contributed by atoms with Gasteiger partial charge in [-0.15, -0.1) is 0 Å². The molecule has 0 aromatic heterocycles. The van der Waals surface area contributed by atoms with Crippen molar-refractivity contribution in [3.8, 4) is 6.07 Å². The number of amides is 3. The van der Waals surface area contributed by atoms with E-state index >= 15 is 0 Å². The van der Waals surface area contributed by atoms with Gasteiger partial charge in [-0.05, 0) is 37.8 Å². The summed E-state index contributed by atoms with van der Waals surface area (Å²) in [7, 11) is 0. The molecule has 1 aromatic carbocycles. The average Bonchev–Trinajstić information content (AvgIpc) is 3.26. The molecule has 2 aliphatic rings. The number of nitrogens with one attached hydrogen (secondary N) is 1. The van der Waals surface area contributed by atoms with Crippen molar-refractivity contribution in [3.05, 3.63) is 35.1 Å². The summed E-state index contributed by atoms with van der Waals surface area (Å²) in [5.74, 6) is -0.724. The largest absolute Gasteiger partial charge is 0.325 e. The average molecular weight is 287 g/mol. The molecule has 0 bridgehead atoms.